The van der Waals surface area contributed by atoms with Gasteiger partial charge >= 0.3 is 6.09 Å². The summed E-state index contributed by atoms with van der Waals surface area (Å²) in [6, 6.07) is 10.4. The maximum absolute atomic E-state index is 12.2. The molecule has 0 radical (unpaired) electrons. The highest BCUT2D eigenvalue weighted by Crippen LogP contribution is 2.32. The van der Waals surface area contributed by atoms with Gasteiger partial charge in [0.05, 0.1) is 18.8 Å². The van der Waals surface area contributed by atoms with E-state index in [1.54, 1.807) is 0 Å². The molecule has 4 rings (SSSR count). The molecule has 6 nitrogen and oxygen atoms in total. The first kappa shape index (κ1) is 14.9. The monoisotopic (exact) mass is 317 g/mol. The van der Waals surface area contributed by atoms with Gasteiger partial charge < -0.3 is 19.7 Å². The van der Waals surface area contributed by atoms with E-state index in [1.807, 2.05) is 35.2 Å². The molecule has 124 valence electrons. The summed E-state index contributed by atoms with van der Waals surface area (Å²) < 4.78 is 10.8. The molecule has 3 aliphatic rings. The van der Waals surface area contributed by atoms with Crippen molar-refractivity contribution in [2.75, 3.05) is 45.9 Å². The Morgan fingerprint density at radius 1 is 1.22 bits per heavy atom. The number of rotatable bonds is 3. The van der Waals surface area contributed by atoms with Crippen molar-refractivity contribution >= 4 is 6.09 Å². The van der Waals surface area contributed by atoms with Crippen LogP contribution in [0.2, 0.25) is 0 Å². The quantitative estimate of drug-likeness (QED) is 0.889. The molecular formula is C17H23N3O3. The molecule has 0 aliphatic carbocycles. The summed E-state index contributed by atoms with van der Waals surface area (Å²) in [7, 11) is 0. The van der Waals surface area contributed by atoms with Crippen molar-refractivity contribution in [1.29, 1.82) is 0 Å². The number of hydrogen-bond donors (Lipinski definition) is 1. The van der Waals surface area contributed by atoms with E-state index in [9.17, 15) is 4.79 Å². The molecule has 1 unspecified atom stereocenters. The summed E-state index contributed by atoms with van der Waals surface area (Å²) >= 11 is 0. The third kappa shape index (κ3) is 2.82. The van der Waals surface area contributed by atoms with E-state index in [0.29, 0.717) is 12.6 Å². The number of nitrogens with zero attached hydrogens (tertiary/aromatic N) is 2. The number of amides is 1. The van der Waals surface area contributed by atoms with E-state index in [0.717, 1.165) is 51.5 Å². The van der Waals surface area contributed by atoms with Crippen LogP contribution in [0.3, 0.4) is 0 Å². The van der Waals surface area contributed by atoms with Gasteiger partial charge in [0.25, 0.3) is 0 Å². The molecule has 3 fully saturated rings. The Bertz CT molecular complexity index is 548. The normalized spacial score (nSPS) is 26.4. The number of hydrogen-bond acceptors (Lipinski definition) is 5. The average molecular weight is 317 g/mol. The number of ether oxygens (including phenoxy) is 2. The van der Waals surface area contributed by atoms with Crippen molar-refractivity contribution in [2.45, 2.75) is 18.2 Å². The highest BCUT2D eigenvalue weighted by atomic mass is 16.6. The van der Waals surface area contributed by atoms with Crippen molar-refractivity contribution in [3.8, 4) is 0 Å². The van der Waals surface area contributed by atoms with Crippen LogP contribution in [-0.4, -0.2) is 73.4 Å². The van der Waals surface area contributed by atoms with Crippen LogP contribution >= 0.6 is 0 Å². The average Bonchev–Trinajstić information content (AvgIpc) is 2.52. The predicted octanol–water partition coefficient (Wildman–Crippen LogP) is 0.682. The summed E-state index contributed by atoms with van der Waals surface area (Å²) in [5.41, 5.74) is 1.21. The van der Waals surface area contributed by atoms with Gasteiger partial charge in [-0.2, -0.15) is 0 Å². The summed E-state index contributed by atoms with van der Waals surface area (Å²) in [5, 5.41) is 3.51. The Morgan fingerprint density at radius 3 is 2.52 bits per heavy atom. The van der Waals surface area contributed by atoms with Crippen molar-refractivity contribution in [2.24, 2.45) is 0 Å². The fourth-order valence-corrected chi connectivity index (χ4v) is 3.60. The van der Waals surface area contributed by atoms with Crippen molar-refractivity contribution in [3.05, 3.63) is 35.9 Å². The molecule has 1 spiro atoms. The zero-order valence-corrected chi connectivity index (χ0v) is 13.2. The highest BCUT2D eigenvalue weighted by molar-refractivity contribution is 5.67. The standard InChI is InChI=1S/C17H23N3O3/c21-16(23-11-14-4-2-1-3-5-14)20-8-6-19(7-9-20)15-10-18-17(15)12-22-13-17/h1-5,15,18H,6-13H2. The van der Waals surface area contributed by atoms with Gasteiger partial charge in [-0.15, -0.1) is 0 Å². The second-order valence-electron chi connectivity index (χ2n) is 6.61. The van der Waals surface area contributed by atoms with E-state index in [2.05, 4.69) is 10.2 Å². The zero-order valence-electron chi connectivity index (χ0n) is 13.2. The van der Waals surface area contributed by atoms with Crippen LogP contribution in [0.5, 0.6) is 0 Å². The first-order chi connectivity index (χ1) is 11.3. The van der Waals surface area contributed by atoms with Crippen LogP contribution in [0.4, 0.5) is 4.79 Å². The van der Waals surface area contributed by atoms with Gasteiger partial charge in [-0.1, -0.05) is 30.3 Å². The largest absolute Gasteiger partial charge is 0.445 e. The van der Waals surface area contributed by atoms with Crippen LogP contribution < -0.4 is 5.32 Å². The fourth-order valence-electron chi connectivity index (χ4n) is 3.60. The number of piperazine rings is 1. The lowest BCUT2D eigenvalue weighted by molar-refractivity contribution is -0.158. The SMILES string of the molecule is O=C(OCc1ccccc1)N1CCN(C2CNC23COC3)CC1. The molecular weight excluding hydrogens is 294 g/mol. The molecule has 3 aliphatic heterocycles. The van der Waals surface area contributed by atoms with Crippen molar-refractivity contribution in [1.82, 2.24) is 15.1 Å². The molecule has 0 aromatic heterocycles. The number of benzene rings is 1. The van der Waals surface area contributed by atoms with Crippen LogP contribution in [0.1, 0.15) is 5.56 Å². The lowest BCUT2D eigenvalue weighted by Gasteiger charge is -2.60. The van der Waals surface area contributed by atoms with E-state index < -0.39 is 0 Å². The highest BCUT2D eigenvalue weighted by Gasteiger charge is 2.54. The molecule has 23 heavy (non-hydrogen) atoms. The van der Waals surface area contributed by atoms with Gasteiger partial charge in [0.1, 0.15) is 6.61 Å². The van der Waals surface area contributed by atoms with Crippen LogP contribution in [-0.2, 0) is 16.1 Å². The zero-order chi connectivity index (χ0) is 15.7. The van der Waals surface area contributed by atoms with Crippen LogP contribution in [0.25, 0.3) is 0 Å². The minimum absolute atomic E-state index is 0.190. The molecule has 3 saturated heterocycles. The Labute approximate surface area is 136 Å². The predicted molar refractivity (Wildman–Crippen MR) is 85.1 cm³/mol. The van der Waals surface area contributed by atoms with Gasteiger partial charge in [0.15, 0.2) is 0 Å². The molecule has 0 saturated carbocycles. The first-order valence-electron chi connectivity index (χ1n) is 8.29. The molecule has 1 aromatic carbocycles. The summed E-state index contributed by atoms with van der Waals surface area (Å²) in [6.45, 7) is 6.30. The minimum atomic E-state index is -0.207. The first-order valence-corrected chi connectivity index (χ1v) is 8.29. The second-order valence-corrected chi connectivity index (χ2v) is 6.61. The Morgan fingerprint density at radius 2 is 1.96 bits per heavy atom. The lowest BCUT2D eigenvalue weighted by atomic mass is 9.79. The van der Waals surface area contributed by atoms with Crippen molar-refractivity contribution < 1.29 is 14.3 Å². The van der Waals surface area contributed by atoms with E-state index >= 15 is 0 Å². The molecule has 3 heterocycles. The van der Waals surface area contributed by atoms with E-state index in [-0.39, 0.29) is 11.6 Å². The van der Waals surface area contributed by atoms with Gasteiger partial charge in [0, 0.05) is 38.8 Å². The maximum Gasteiger partial charge on any atom is 0.410 e. The minimum Gasteiger partial charge on any atom is -0.445 e. The Balaban J connectivity index is 1.24. The molecule has 1 aromatic rings. The van der Waals surface area contributed by atoms with E-state index in [1.165, 1.54) is 0 Å². The van der Waals surface area contributed by atoms with Gasteiger partial charge in [0.2, 0.25) is 0 Å². The maximum atomic E-state index is 12.2. The number of carbonyl (C=O) groups is 1. The Kier molecular flexibility index (Phi) is 3.97. The molecule has 6 heteroatoms. The summed E-state index contributed by atoms with van der Waals surface area (Å²) in [5.74, 6) is 0. The van der Waals surface area contributed by atoms with Gasteiger partial charge in [-0.05, 0) is 5.56 Å². The molecule has 1 N–H and O–H groups in total. The molecule has 1 amide bonds. The van der Waals surface area contributed by atoms with Gasteiger partial charge in [-0.25, -0.2) is 4.79 Å². The Hall–Kier alpha value is -1.63. The van der Waals surface area contributed by atoms with Crippen molar-refractivity contribution in [3.63, 3.8) is 0 Å². The molecule has 1 atom stereocenters. The molecule has 0 bridgehead atoms. The van der Waals surface area contributed by atoms with Gasteiger partial charge in [-0.3, -0.25) is 4.90 Å². The van der Waals surface area contributed by atoms with Crippen LogP contribution in [0.15, 0.2) is 30.3 Å². The third-order valence-corrected chi connectivity index (χ3v) is 5.22. The second kappa shape index (κ2) is 6.11. The number of nitrogens with one attached hydrogen (secondary N) is 1. The topological polar surface area (TPSA) is 54.0 Å². The van der Waals surface area contributed by atoms with Crippen LogP contribution in [0, 0.1) is 0 Å². The summed E-state index contributed by atoms with van der Waals surface area (Å²) in [4.78, 5) is 16.5. The smallest absolute Gasteiger partial charge is 0.410 e. The fraction of sp³-hybridized carbons (Fsp3) is 0.588. The lowest BCUT2D eigenvalue weighted by Crippen LogP contribution is -2.83. The number of carbonyl (C=O) groups excluding carboxylic acids is 1. The summed E-state index contributed by atoms with van der Waals surface area (Å²) in [6.07, 6.45) is -0.207. The van der Waals surface area contributed by atoms with E-state index in [4.69, 9.17) is 9.47 Å². The third-order valence-electron chi connectivity index (χ3n) is 5.22.